The lowest BCUT2D eigenvalue weighted by atomic mass is 9.63. The van der Waals surface area contributed by atoms with Crippen molar-refractivity contribution in [1.82, 2.24) is 4.90 Å². The predicted octanol–water partition coefficient (Wildman–Crippen LogP) is 5.11. The fourth-order valence-electron chi connectivity index (χ4n) is 4.22. The average molecular weight is 375 g/mol. The second-order valence-electron chi connectivity index (χ2n) is 8.34. The summed E-state index contributed by atoms with van der Waals surface area (Å²) in [6.07, 6.45) is -0.579. The number of halogens is 3. The minimum atomic E-state index is -4.70. The lowest BCUT2D eigenvalue weighted by molar-refractivity contribution is -0.258. The van der Waals surface area contributed by atoms with Crippen molar-refractivity contribution in [1.29, 1.82) is 0 Å². The summed E-state index contributed by atoms with van der Waals surface area (Å²) >= 11 is 0. The highest BCUT2D eigenvalue weighted by atomic mass is 19.4. The van der Waals surface area contributed by atoms with Gasteiger partial charge >= 0.3 is 6.18 Å². The average Bonchev–Trinajstić information content (AvgIpc) is 2.56. The monoisotopic (exact) mass is 375 g/mol. The van der Waals surface area contributed by atoms with E-state index in [9.17, 15) is 18.3 Å². The zero-order valence-corrected chi connectivity index (χ0v) is 15.4. The van der Waals surface area contributed by atoms with Gasteiger partial charge in [-0.15, -0.1) is 0 Å². The van der Waals surface area contributed by atoms with Gasteiger partial charge in [0.2, 0.25) is 0 Å². The van der Waals surface area contributed by atoms with Crippen molar-refractivity contribution in [3.63, 3.8) is 0 Å². The van der Waals surface area contributed by atoms with E-state index in [4.69, 9.17) is 0 Å². The summed E-state index contributed by atoms with van der Waals surface area (Å²) in [6, 6.07) is 14.1. The number of alkyl halides is 3. The molecule has 27 heavy (non-hydrogen) atoms. The quantitative estimate of drug-likeness (QED) is 0.803. The van der Waals surface area contributed by atoms with E-state index in [-0.39, 0.29) is 5.56 Å². The van der Waals surface area contributed by atoms with Gasteiger partial charge in [0.15, 0.2) is 5.60 Å². The fourth-order valence-corrected chi connectivity index (χ4v) is 4.22. The van der Waals surface area contributed by atoms with Gasteiger partial charge in [-0.1, -0.05) is 55.0 Å². The molecule has 0 aromatic heterocycles. The van der Waals surface area contributed by atoms with Gasteiger partial charge in [0.05, 0.1) is 0 Å². The molecule has 144 valence electrons. The number of nitrogens with zero attached hydrogens (tertiary/aromatic N) is 1. The molecule has 2 aromatic rings. The van der Waals surface area contributed by atoms with E-state index in [1.807, 2.05) is 12.1 Å². The topological polar surface area (TPSA) is 23.5 Å². The molecular weight excluding hydrogens is 351 g/mol. The van der Waals surface area contributed by atoms with Gasteiger partial charge in [-0.05, 0) is 47.4 Å². The molecule has 4 rings (SSSR count). The lowest BCUT2D eigenvalue weighted by Crippen LogP contribution is -2.58. The van der Waals surface area contributed by atoms with Crippen LogP contribution in [0.1, 0.15) is 37.3 Å². The van der Waals surface area contributed by atoms with E-state index in [2.05, 4.69) is 17.0 Å². The van der Waals surface area contributed by atoms with Crippen LogP contribution in [0.15, 0.2) is 48.5 Å². The summed E-state index contributed by atoms with van der Waals surface area (Å²) < 4.78 is 38.8. The van der Waals surface area contributed by atoms with E-state index in [1.165, 1.54) is 50.0 Å². The molecular formula is C22H24F3NO. The Morgan fingerprint density at radius 2 is 1.44 bits per heavy atom. The Hall–Kier alpha value is -1.85. The molecule has 1 atom stereocenters. The van der Waals surface area contributed by atoms with E-state index >= 15 is 0 Å². The van der Waals surface area contributed by atoms with Crippen molar-refractivity contribution in [3.05, 3.63) is 59.7 Å². The summed E-state index contributed by atoms with van der Waals surface area (Å²) in [7, 11) is 0. The SMILES string of the molecule is CC(O)(c1ccc(-c2ccc(CN3CC4(CCC4)C3)cc2)cc1)C(F)(F)F. The van der Waals surface area contributed by atoms with Crippen LogP contribution >= 0.6 is 0 Å². The Labute approximate surface area is 157 Å². The second kappa shape index (κ2) is 6.35. The number of benzene rings is 2. The molecule has 0 amide bonds. The Morgan fingerprint density at radius 3 is 1.89 bits per heavy atom. The standard InChI is InChI=1S/C22H24F3NO/c1-20(27,22(23,24)25)19-9-7-18(8-10-19)17-5-3-16(4-6-17)13-26-14-21(15-26)11-2-12-21/h3-10,27H,2,11-15H2,1H3. The number of aliphatic hydroxyl groups is 1. The first-order chi connectivity index (χ1) is 12.7. The fraction of sp³-hybridized carbons (Fsp3) is 0.455. The maximum atomic E-state index is 12.9. The van der Waals surface area contributed by atoms with Crippen molar-refractivity contribution >= 4 is 0 Å². The number of likely N-dealkylation sites (tertiary alicyclic amines) is 1. The smallest absolute Gasteiger partial charge is 0.376 e. The van der Waals surface area contributed by atoms with Crippen LogP contribution < -0.4 is 0 Å². The van der Waals surface area contributed by atoms with Gasteiger partial charge in [0.25, 0.3) is 0 Å². The van der Waals surface area contributed by atoms with Crippen LogP contribution in [0.5, 0.6) is 0 Å². The van der Waals surface area contributed by atoms with Crippen LogP contribution in [0, 0.1) is 5.41 Å². The van der Waals surface area contributed by atoms with Gasteiger partial charge in [0, 0.05) is 19.6 Å². The minimum Gasteiger partial charge on any atom is -0.376 e. The van der Waals surface area contributed by atoms with E-state index in [0.717, 1.165) is 24.6 Å². The van der Waals surface area contributed by atoms with E-state index in [0.29, 0.717) is 5.41 Å². The molecule has 0 bridgehead atoms. The van der Waals surface area contributed by atoms with Crippen LogP contribution in [0.25, 0.3) is 11.1 Å². The van der Waals surface area contributed by atoms with Gasteiger partial charge in [-0.2, -0.15) is 13.2 Å². The lowest BCUT2D eigenvalue weighted by Gasteiger charge is -2.56. The molecule has 1 N–H and O–H groups in total. The van der Waals surface area contributed by atoms with E-state index in [1.54, 1.807) is 12.1 Å². The molecule has 1 saturated heterocycles. The third-order valence-corrected chi connectivity index (χ3v) is 6.22. The van der Waals surface area contributed by atoms with E-state index < -0.39 is 11.8 Å². The normalized spacial score (nSPS) is 21.4. The van der Waals surface area contributed by atoms with Gasteiger partial charge < -0.3 is 5.11 Å². The molecule has 5 heteroatoms. The van der Waals surface area contributed by atoms with Crippen LogP contribution in [-0.4, -0.2) is 29.3 Å². The largest absolute Gasteiger partial charge is 0.421 e. The van der Waals surface area contributed by atoms with Crippen LogP contribution in [0.2, 0.25) is 0 Å². The molecule has 1 aliphatic heterocycles. The molecule has 2 aromatic carbocycles. The molecule has 2 fully saturated rings. The Kier molecular flexibility index (Phi) is 4.35. The molecule has 0 radical (unpaired) electrons. The first-order valence-electron chi connectivity index (χ1n) is 9.40. The summed E-state index contributed by atoms with van der Waals surface area (Å²) in [6.45, 7) is 4.14. The van der Waals surface area contributed by atoms with Gasteiger partial charge in [-0.3, -0.25) is 4.90 Å². The van der Waals surface area contributed by atoms with Crippen molar-refractivity contribution in [2.75, 3.05) is 13.1 Å². The van der Waals surface area contributed by atoms with Gasteiger partial charge in [0.1, 0.15) is 0 Å². The van der Waals surface area contributed by atoms with Crippen LogP contribution in [-0.2, 0) is 12.1 Å². The zero-order valence-electron chi connectivity index (χ0n) is 15.4. The van der Waals surface area contributed by atoms with Gasteiger partial charge in [-0.25, -0.2) is 0 Å². The second-order valence-corrected chi connectivity index (χ2v) is 8.34. The first kappa shape index (κ1) is 18.5. The maximum Gasteiger partial charge on any atom is 0.421 e. The van der Waals surface area contributed by atoms with Crippen molar-refractivity contribution in [3.8, 4) is 11.1 Å². The number of hydrogen-bond donors (Lipinski definition) is 1. The van der Waals surface area contributed by atoms with Crippen molar-refractivity contribution in [2.45, 2.75) is 44.5 Å². The Balaban J connectivity index is 1.41. The van der Waals surface area contributed by atoms with Crippen molar-refractivity contribution < 1.29 is 18.3 Å². The summed E-state index contributed by atoms with van der Waals surface area (Å²) in [5.74, 6) is 0. The highest BCUT2D eigenvalue weighted by molar-refractivity contribution is 5.64. The Morgan fingerprint density at radius 1 is 0.926 bits per heavy atom. The Bertz CT molecular complexity index is 797. The number of rotatable bonds is 4. The number of hydrogen-bond acceptors (Lipinski definition) is 2. The maximum absolute atomic E-state index is 12.9. The summed E-state index contributed by atoms with van der Waals surface area (Å²) in [5.41, 5.74) is 0.670. The summed E-state index contributed by atoms with van der Waals surface area (Å²) in [5, 5.41) is 9.76. The first-order valence-corrected chi connectivity index (χ1v) is 9.40. The van der Waals surface area contributed by atoms with Crippen LogP contribution in [0.4, 0.5) is 13.2 Å². The third kappa shape index (κ3) is 3.39. The third-order valence-electron chi connectivity index (χ3n) is 6.22. The molecule has 1 spiro atoms. The van der Waals surface area contributed by atoms with Crippen molar-refractivity contribution in [2.24, 2.45) is 5.41 Å². The minimum absolute atomic E-state index is 0.155. The highest BCUT2D eigenvalue weighted by Gasteiger charge is 2.51. The zero-order chi connectivity index (χ0) is 19.3. The highest BCUT2D eigenvalue weighted by Crippen LogP contribution is 2.48. The molecule has 2 aliphatic rings. The molecule has 2 nitrogen and oxygen atoms in total. The molecule has 1 heterocycles. The molecule has 1 aliphatic carbocycles. The van der Waals surface area contributed by atoms with Crippen LogP contribution in [0.3, 0.4) is 0 Å². The molecule has 1 saturated carbocycles. The molecule has 1 unspecified atom stereocenters. The predicted molar refractivity (Wildman–Crippen MR) is 99.1 cm³/mol. The summed E-state index contributed by atoms with van der Waals surface area (Å²) in [4.78, 5) is 2.47.